The molecule has 2 N–H and O–H groups in total. The van der Waals surface area contributed by atoms with Crippen molar-refractivity contribution in [2.24, 2.45) is 5.73 Å². The molecule has 0 aliphatic carbocycles. The van der Waals surface area contributed by atoms with E-state index in [1.807, 2.05) is 19.2 Å². The van der Waals surface area contributed by atoms with Gasteiger partial charge in [-0.05, 0) is 37.6 Å². The molecule has 4 heteroatoms. The first-order valence-electron chi connectivity index (χ1n) is 5.86. The topological polar surface area (TPSA) is 62.3 Å². The van der Waals surface area contributed by atoms with Gasteiger partial charge in [0.15, 0.2) is 0 Å². The lowest BCUT2D eigenvalue weighted by molar-refractivity contribution is 0.258. The summed E-state index contributed by atoms with van der Waals surface area (Å²) >= 11 is 0. The van der Waals surface area contributed by atoms with Crippen LogP contribution in [0.1, 0.15) is 18.4 Å². The van der Waals surface area contributed by atoms with Crippen LogP contribution in [0.4, 0.5) is 5.69 Å². The average molecular weight is 231 g/mol. The minimum Gasteiger partial charge on any atom is -0.489 e. The number of hydrogen-bond acceptors (Lipinski definition) is 4. The molecule has 0 bridgehead atoms. The van der Waals surface area contributed by atoms with Gasteiger partial charge >= 0.3 is 0 Å². The lowest BCUT2D eigenvalue weighted by Crippen LogP contribution is -2.40. The molecule has 1 aromatic rings. The molecule has 0 saturated carbocycles. The number of nitrogens with two attached hydrogens (primary N) is 1. The van der Waals surface area contributed by atoms with Gasteiger partial charge in [0.05, 0.1) is 23.4 Å². The fraction of sp³-hybridized carbons (Fsp3) is 0.462. The van der Waals surface area contributed by atoms with Crippen molar-refractivity contribution in [2.75, 3.05) is 25.1 Å². The molecule has 1 aliphatic heterocycles. The largest absolute Gasteiger partial charge is 0.489 e. The van der Waals surface area contributed by atoms with Crippen LogP contribution in [0.3, 0.4) is 0 Å². The van der Waals surface area contributed by atoms with E-state index in [0.717, 1.165) is 24.3 Å². The summed E-state index contributed by atoms with van der Waals surface area (Å²) in [6, 6.07) is 8.03. The van der Waals surface area contributed by atoms with Gasteiger partial charge in [0.25, 0.3) is 0 Å². The normalized spacial score (nSPS) is 18.2. The first-order valence-corrected chi connectivity index (χ1v) is 5.86. The highest BCUT2D eigenvalue weighted by Crippen LogP contribution is 2.34. The number of anilines is 1. The Morgan fingerprint density at radius 2 is 2.41 bits per heavy atom. The van der Waals surface area contributed by atoms with Crippen LogP contribution in [0.5, 0.6) is 5.75 Å². The van der Waals surface area contributed by atoms with Crippen LogP contribution in [0, 0.1) is 11.3 Å². The zero-order valence-electron chi connectivity index (χ0n) is 10.0. The molecule has 2 rings (SSSR count). The molecular weight excluding hydrogens is 214 g/mol. The molecule has 1 unspecified atom stereocenters. The Balaban J connectivity index is 2.21. The van der Waals surface area contributed by atoms with E-state index in [2.05, 4.69) is 11.0 Å². The van der Waals surface area contributed by atoms with E-state index in [-0.39, 0.29) is 0 Å². The highest BCUT2D eigenvalue weighted by molar-refractivity contribution is 5.63. The van der Waals surface area contributed by atoms with Crippen molar-refractivity contribution >= 4 is 5.69 Å². The molecule has 0 radical (unpaired) electrons. The second-order valence-electron chi connectivity index (χ2n) is 4.30. The van der Waals surface area contributed by atoms with Gasteiger partial charge in [0, 0.05) is 7.05 Å². The molecule has 4 nitrogen and oxygen atoms in total. The fourth-order valence-electron chi connectivity index (χ4n) is 2.11. The van der Waals surface area contributed by atoms with Crippen LogP contribution in [0.2, 0.25) is 0 Å². The van der Waals surface area contributed by atoms with E-state index < -0.39 is 0 Å². The number of likely N-dealkylation sites (N-methyl/N-ethyl adjacent to an activating group) is 1. The third-order valence-corrected chi connectivity index (χ3v) is 3.19. The molecule has 0 saturated heterocycles. The average Bonchev–Trinajstić information content (AvgIpc) is 2.38. The number of benzene rings is 1. The van der Waals surface area contributed by atoms with E-state index >= 15 is 0 Å². The number of rotatable bonds is 3. The van der Waals surface area contributed by atoms with Crippen molar-refractivity contribution in [3.8, 4) is 11.8 Å². The Hall–Kier alpha value is -1.73. The third kappa shape index (κ3) is 2.34. The first-order chi connectivity index (χ1) is 8.26. The lowest BCUT2D eigenvalue weighted by Gasteiger charge is -2.36. The van der Waals surface area contributed by atoms with Gasteiger partial charge in [-0.1, -0.05) is 0 Å². The first kappa shape index (κ1) is 11.7. The molecular formula is C13H17N3O. The van der Waals surface area contributed by atoms with Crippen LogP contribution in [0.15, 0.2) is 18.2 Å². The SMILES string of the molecule is CN1c2cc(C#N)ccc2OCC1CCCN. The molecule has 90 valence electrons. The number of nitriles is 1. The summed E-state index contributed by atoms with van der Waals surface area (Å²) in [4.78, 5) is 2.19. The number of ether oxygens (including phenoxy) is 1. The zero-order chi connectivity index (χ0) is 12.3. The molecule has 17 heavy (non-hydrogen) atoms. The van der Waals surface area contributed by atoms with Crippen molar-refractivity contribution in [3.05, 3.63) is 23.8 Å². The summed E-state index contributed by atoms with van der Waals surface area (Å²) in [6.45, 7) is 1.39. The highest BCUT2D eigenvalue weighted by atomic mass is 16.5. The van der Waals surface area contributed by atoms with Gasteiger partial charge in [-0.15, -0.1) is 0 Å². The van der Waals surface area contributed by atoms with Crippen molar-refractivity contribution in [1.29, 1.82) is 5.26 Å². The maximum atomic E-state index is 8.91. The van der Waals surface area contributed by atoms with Gasteiger partial charge in [-0.25, -0.2) is 0 Å². The Kier molecular flexibility index (Phi) is 3.50. The van der Waals surface area contributed by atoms with Crippen LogP contribution in [0.25, 0.3) is 0 Å². The van der Waals surface area contributed by atoms with E-state index in [4.69, 9.17) is 15.7 Å². The quantitative estimate of drug-likeness (QED) is 0.856. The predicted molar refractivity (Wildman–Crippen MR) is 67.1 cm³/mol. The minimum atomic E-state index is 0.347. The van der Waals surface area contributed by atoms with Gasteiger partial charge in [0.1, 0.15) is 12.4 Å². The second-order valence-corrected chi connectivity index (χ2v) is 4.30. The summed E-state index contributed by atoms with van der Waals surface area (Å²) in [5, 5.41) is 8.91. The Morgan fingerprint density at radius 1 is 1.59 bits per heavy atom. The number of nitrogens with zero attached hydrogens (tertiary/aromatic N) is 2. The molecule has 1 aliphatic rings. The van der Waals surface area contributed by atoms with Gasteiger partial charge in [-0.2, -0.15) is 5.26 Å². The van der Waals surface area contributed by atoms with Crippen LogP contribution >= 0.6 is 0 Å². The molecule has 0 spiro atoms. The highest BCUT2D eigenvalue weighted by Gasteiger charge is 2.24. The molecule has 1 aromatic carbocycles. The van der Waals surface area contributed by atoms with Crippen molar-refractivity contribution in [3.63, 3.8) is 0 Å². The van der Waals surface area contributed by atoms with Crippen molar-refractivity contribution in [2.45, 2.75) is 18.9 Å². The fourth-order valence-corrected chi connectivity index (χ4v) is 2.11. The van der Waals surface area contributed by atoms with Crippen molar-refractivity contribution < 1.29 is 4.74 Å². The standard InChI is InChI=1S/C13H17N3O/c1-16-11(3-2-6-14)9-17-13-5-4-10(8-15)7-12(13)16/h4-5,7,11H,2-3,6,9,14H2,1H3. The molecule has 1 atom stereocenters. The van der Waals surface area contributed by atoms with Gasteiger partial charge < -0.3 is 15.4 Å². The van der Waals surface area contributed by atoms with E-state index in [0.29, 0.717) is 24.8 Å². The maximum Gasteiger partial charge on any atom is 0.142 e. The van der Waals surface area contributed by atoms with Crippen LogP contribution in [-0.4, -0.2) is 26.2 Å². The second kappa shape index (κ2) is 5.07. The van der Waals surface area contributed by atoms with Crippen LogP contribution in [-0.2, 0) is 0 Å². The zero-order valence-corrected chi connectivity index (χ0v) is 10.0. The predicted octanol–water partition coefficient (Wildman–Crippen LogP) is 1.49. The van der Waals surface area contributed by atoms with Crippen molar-refractivity contribution in [1.82, 2.24) is 0 Å². The van der Waals surface area contributed by atoms with E-state index in [9.17, 15) is 0 Å². The minimum absolute atomic E-state index is 0.347. The van der Waals surface area contributed by atoms with Crippen LogP contribution < -0.4 is 15.4 Å². The smallest absolute Gasteiger partial charge is 0.142 e. The summed E-state index contributed by atoms with van der Waals surface area (Å²) in [6.07, 6.45) is 2.01. The van der Waals surface area contributed by atoms with E-state index in [1.54, 1.807) is 6.07 Å². The number of fused-ring (bicyclic) bond motifs is 1. The Bertz CT molecular complexity index is 439. The monoisotopic (exact) mass is 231 g/mol. The molecule has 0 fully saturated rings. The van der Waals surface area contributed by atoms with Gasteiger partial charge in [0.2, 0.25) is 0 Å². The van der Waals surface area contributed by atoms with E-state index in [1.165, 1.54) is 0 Å². The van der Waals surface area contributed by atoms with Gasteiger partial charge in [-0.3, -0.25) is 0 Å². The molecule has 0 aromatic heterocycles. The lowest BCUT2D eigenvalue weighted by atomic mass is 10.1. The summed E-state index contributed by atoms with van der Waals surface area (Å²) in [7, 11) is 2.05. The molecule has 1 heterocycles. The Labute approximate surface area is 102 Å². The molecule has 0 amide bonds. The summed E-state index contributed by atoms with van der Waals surface area (Å²) in [5.41, 5.74) is 7.19. The maximum absolute atomic E-state index is 8.91. The summed E-state index contributed by atoms with van der Waals surface area (Å²) < 4.78 is 5.71. The number of hydrogen-bond donors (Lipinski definition) is 1. The summed E-state index contributed by atoms with van der Waals surface area (Å²) in [5.74, 6) is 0.857. The third-order valence-electron chi connectivity index (χ3n) is 3.19. The Morgan fingerprint density at radius 3 is 3.12 bits per heavy atom.